The van der Waals surface area contributed by atoms with Crippen molar-refractivity contribution in [3.8, 4) is 5.75 Å². The molecule has 0 aromatic heterocycles. The van der Waals surface area contributed by atoms with Gasteiger partial charge in [-0.3, -0.25) is 0 Å². The molecule has 2 N–H and O–H groups in total. The van der Waals surface area contributed by atoms with Crippen molar-refractivity contribution in [2.75, 3.05) is 19.5 Å². The average Bonchev–Trinajstić information content (AvgIpc) is 2.42. The van der Waals surface area contributed by atoms with Crippen LogP contribution in [0.25, 0.3) is 0 Å². The molecule has 106 valence electrons. The van der Waals surface area contributed by atoms with Gasteiger partial charge < -0.3 is 15.2 Å². The van der Waals surface area contributed by atoms with E-state index in [2.05, 4.69) is 6.92 Å². The Balaban J connectivity index is 2.41. The van der Waals surface area contributed by atoms with E-state index in [-0.39, 0.29) is 5.97 Å². The van der Waals surface area contributed by atoms with Crippen molar-refractivity contribution < 1.29 is 14.3 Å². The molecular formula is C15H23NO3. The minimum Gasteiger partial charge on any atom is -0.496 e. The molecule has 1 aromatic carbocycles. The Morgan fingerprint density at radius 2 is 1.95 bits per heavy atom. The van der Waals surface area contributed by atoms with Crippen LogP contribution in [0.5, 0.6) is 5.75 Å². The molecule has 0 aliphatic heterocycles. The Labute approximate surface area is 114 Å². The van der Waals surface area contributed by atoms with Crippen LogP contribution in [0, 0.1) is 0 Å². The quantitative estimate of drug-likeness (QED) is 0.444. The number of carbonyl (C=O) groups excluding carboxylic acids is 1. The summed E-state index contributed by atoms with van der Waals surface area (Å²) < 4.78 is 10.4. The third-order valence-electron chi connectivity index (χ3n) is 2.93. The molecule has 0 saturated heterocycles. The van der Waals surface area contributed by atoms with Crippen LogP contribution in [0.1, 0.15) is 49.4 Å². The predicted octanol–water partition coefficient (Wildman–Crippen LogP) is 3.40. The van der Waals surface area contributed by atoms with Crippen LogP contribution in [-0.2, 0) is 4.74 Å². The highest BCUT2D eigenvalue weighted by molar-refractivity contribution is 5.93. The number of hydrogen-bond donors (Lipinski definition) is 1. The number of ether oxygens (including phenoxy) is 2. The van der Waals surface area contributed by atoms with Crippen molar-refractivity contribution in [3.05, 3.63) is 23.8 Å². The summed E-state index contributed by atoms with van der Waals surface area (Å²) in [6.07, 6.45) is 5.64. The Kier molecular flexibility index (Phi) is 6.79. The smallest absolute Gasteiger partial charge is 0.341 e. The summed E-state index contributed by atoms with van der Waals surface area (Å²) in [6, 6.07) is 4.92. The van der Waals surface area contributed by atoms with Gasteiger partial charge in [0.2, 0.25) is 0 Å². The molecule has 0 aliphatic rings. The normalized spacial score (nSPS) is 10.2. The van der Waals surface area contributed by atoms with E-state index in [0.29, 0.717) is 23.6 Å². The molecule has 1 aromatic rings. The van der Waals surface area contributed by atoms with E-state index in [1.165, 1.54) is 26.4 Å². The van der Waals surface area contributed by atoms with E-state index in [1.54, 1.807) is 18.2 Å². The molecule has 1 rings (SSSR count). The van der Waals surface area contributed by atoms with Gasteiger partial charge in [-0.1, -0.05) is 32.6 Å². The molecular weight excluding hydrogens is 242 g/mol. The molecule has 19 heavy (non-hydrogen) atoms. The maximum Gasteiger partial charge on any atom is 0.341 e. The minimum atomic E-state index is -0.354. The van der Waals surface area contributed by atoms with Crippen LogP contribution in [0.2, 0.25) is 0 Å². The van der Waals surface area contributed by atoms with Crippen molar-refractivity contribution in [1.82, 2.24) is 0 Å². The van der Waals surface area contributed by atoms with E-state index in [1.807, 2.05) is 0 Å². The van der Waals surface area contributed by atoms with Gasteiger partial charge in [0.15, 0.2) is 0 Å². The van der Waals surface area contributed by atoms with Gasteiger partial charge in [-0.05, 0) is 18.6 Å². The molecule has 0 saturated carbocycles. The number of hydrogen-bond acceptors (Lipinski definition) is 4. The van der Waals surface area contributed by atoms with E-state index in [0.717, 1.165) is 12.8 Å². The van der Waals surface area contributed by atoms with Crippen molar-refractivity contribution >= 4 is 11.7 Å². The Morgan fingerprint density at radius 3 is 2.63 bits per heavy atom. The van der Waals surface area contributed by atoms with Crippen molar-refractivity contribution in [1.29, 1.82) is 0 Å². The monoisotopic (exact) mass is 265 g/mol. The lowest BCUT2D eigenvalue weighted by Gasteiger charge is -2.09. The minimum absolute atomic E-state index is 0.354. The molecule has 4 heteroatoms. The SMILES string of the molecule is CCCCCCCOC(=O)c1ccc(N)cc1OC. The van der Waals surface area contributed by atoms with Gasteiger partial charge in [-0.2, -0.15) is 0 Å². The molecule has 0 atom stereocenters. The fourth-order valence-corrected chi connectivity index (χ4v) is 1.82. The number of nitrogen functional groups attached to an aromatic ring is 1. The number of carbonyl (C=O) groups is 1. The highest BCUT2D eigenvalue weighted by Gasteiger charge is 2.13. The molecule has 0 unspecified atom stereocenters. The van der Waals surface area contributed by atoms with E-state index in [9.17, 15) is 4.79 Å². The lowest BCUT2D eigenvalue weighted by molar-refractivity contribution is 0.0494. The zero-order valence-corrected chi connectivity index (χ0v) is 11.8. The van der Waals surface area contributed by atoms with Crippen LogP contribution in [-0.4, -0.2) is 19.7 Å². The van der Waals surface area contributed by atoms with Gasteiger partial charge in [0.1, 0.15) is 11.3 Å². The molecule has 0 aliphatic carbocycles. The largest absolute Gasteiger partial charge is 0.496 e. The van der Waals surface area contributed by atoms with Gasteiger partial charge in [-0.15, -0.1) is 0 Å². The summed E-state index contributed by atoms with van der Waals surface area (Å²) in [5.74, 6) is 0.100. The number of unbranched alkanes of at least 4 members (excludes halogenated alkanes) is 4. The molecule has 0 heterocycles. The Morgan fingerprint density at radius 1 is 1.21 bits per heavy atom. The number of nitrogens with two attached hydrogens (primary N) is 1. The Bertz CT molecular complexity index is 404. The zero-order valence-electron chi connectivity index (χ0n) is 11.8. The highest BCUT2D eigenvalue weighted by Crippen LogP contribution is 2.22. The fourth-order valence-electron chi connectivity index (χ4n) is 1.82. The molecule has 0 fully saturated rings. The van der Waals surface area contributed by atoms with Gasteiger partial charge in [-0.25, -0.2) is 4.79 Å². The third kappa shape index (κ3) is 5.20. The number of benzene rings is 1. The van der Waals surface area contributed by atoms with Gasteiger partial charge >= 0.3 is 5.97 Å². The maximum atomic E-state index is 11.9. The number of rotatable bonds is 8. The summed E-state index contributed by atoms with van der Waals surface area (Å²) in [6.45, 7) is 2.63. The van der Waals surface area contributed by atoms with Crippen LogP contribution in [0.3, 0.4) is 0 Å². The maximum absolute atomic E-state index is 11.9. The van der Waals surface area contributed by atoms with E-state index < -0.39 is 0 Å². The molecule has 0 spiro atoms. The summed E-state index contributed by atoms with van der Waals surface area (Å²) >= 11 is 0. The van der Waals surface area contributed by atoms with Crippen molar-refractivity contribution in [2.45, 2.75) is 39.0 Å². The predicted molar refractivity (Wildman–Crippen MR) is 76.4 cm³/mol. The van der Waals surface area contributed by atoms with Gasteiger partial charge in [0.05, 0.1) is 13.7 Å². The molecule has 0 amide bonds. The average molecular weight is 265 g/mol. The highest BCUT2D eigenvalue weighted by atomic mass is 16.5. The molecule has 0 bridgehead atoms. The first kappa shape index (κ1) is 15.3. The zero-order chi connectivity index (χ0) is 14.1. The number of anilines is 1. The van der Waals surface area contributed by atoms with Crippen molar-refractivity contribution in [3.63, 3.8) is 0 Å². The number of esters is 1. The first-order valence-corrected chi connectivity index (χ1v) is 6.79. The van der Waals surface area contributed by atoms with Gasteiger partial charge in [0, 0.05) is 11.8 Å². The fraction of sp³-hybridized carbons (Fsp3) is 0.533. The summed E-state index contributed by atoms with van der Waals surface area (Å²) in [4.78, 5) is 11.9. The van der Waals surface area contributed by atoms with E-state index in [4.69, 9.17) is 15.2 Å². The lowest BCUT2D eigenvalue weighted by Crippen LogP contribution is -2.08. The summed E-state index contributed by atoms with van der Waals surface area (Å²) in [5.41, 5.74) is 6.62. The molecule has 4 nitrogen and oxygen atoms in total. The second-order valence-electron chi connectivity index (χ2n) is 4.51. The van der Waals surface area contributed by atoms with Gasteiger partial charge in [0.25, 0.3) is 0 Å². The van der Waals surface area contributed by atoms with E-state index >= 15 is 0 Å². The lowest BCUT2D eigenvalue weighted by atomic mass is 10.1. The third-order valence-corrected chi connectivity index (χ3v) is 2.93. The molecule has 0 radical (unpaired) electrons. The second-order valence-corrected chi connectivity index (χ2v) is 4.51. The summed E-state index contributed by atoms with van der Waals surface area (Å²) in [5, 5.41) is 0. The van der Waals surface area contributed by atoms with Crippen LogP contribution >= 0.6 is 0 Å². The topological polar surface area (TPSA) is 61.5 Å². The second kappa shape index (κ2) is 8.40. The summed E-state index contributed by atoms with van der Waals surface area (Å²) in [7, 11) is 1.51. The number of methoxy groups -OCH3 is 1. The van der Waals surface area contributed by atoms with Crippen LogP contribution < -0.4 is 10.5 Å². The Hall–Kier alpha value is -1.71. The van der Waals surface area contributed by atoms with Crippen LogP contribution in [0.4, 0.5) is 5.69 Å². The first-order chi connectivity index (χ1) is 9.19. The standard InChI is InChI=1S/C15H23NO3/c1-3-4-5-6-7-10-19-15(17)13-9-8-12(16)11-14(13)18-2/h8-9,11H,3-7,10,16H2,1-2H3. The van der Waals surface area contributed by atoms with Crippen LogP contribution in [0.15, 0.2) is 18.2 Å². The van der Waals surface area contributed by atoms with Crippen molar-refractivity contribution in [2.24, 2.45) is 0 Å². The first-order valence-electron chi connectivity index (χ1n) is 6.79.